The third-order valence-corrected chi connectivity index (χ3v) is 6.62. The van der Waals surface area contributed by atoms with E-state index in [0.717, 1.165) is 18.4 Å². The number of ether oxygens (including phenoxy) is 1. The Kier molecular flexibility index (Phi) is 10.1. The molecule has 1 unspecified atom stereocenters. The number of fused-ring (bicyclic) bond motifs is 1. The van der Waals surface area contributed by atoms with Crippen LogP contribution in [-0.2, 0) is 20.2 Å². The number of nitrogens with one attached hydrogen (secondary N) is 2. The fourth-order valence-corrected chi connectivity index (χ4v) is 4.56. The number of hydrogen-bond donors (Lipinski definition) is 3. The molecule has 3 N–H and O–H groups in total. The number of nitrogens with zero attached hydrogens (tertiary/aromatic N) is 2. The summed E-state index contributed by atoms with van der Waals surface area (Å²) in [4.78, 5) is 11.6. The van der Waals surface area contributed by atoms with Crippen molar-refractivity contribution in [2.45, 2.75) is 58.5 Å². The van der Waals surface area contributed by atoms with Crippen LogP contribution in [0.5, 0.6) is 5.88 Å². The lowest BCUT2D eigenvalue weighted by Crippen LogP contribution is -2.34. The maximum atomic E-state index is 14.7. The number of rotatable bonds is 15. The van der Waals surface area contributed by atoms with Gasteiger partial charge < -0.3 is 29.2 Å². The van der Waals surface area contributed by atoms with Gasteiger partial charge in [-0.2, -0.15) is 4.98 Å². The van der Waals surface area contributed by atoms with Gasteiger partial charge in [-0.1, -0.05) is 13.3 Å². The van der Waals surface area contributed by atoms with Crippen molar-refractivity contribution in [3.8, 4) is 5.88 Å². The van der Waals surface area contributed by atoms with Gasteiger partial charge in [-0.15, -0.1) is 0 Å². The predicted octanol–water partition coefficient (Wildman–Crippen LogP) is 3.54. The summed E-state index contributed by atoms with van der Waals surface area (Å²) in [6.45, 7) is 6.04. The van der Waals surface area contributed by atoms with Crippen LogP contribution < -0.4 is 10.1 Å². The summed E-state index contributed by atoms with van der Waals surface area (Å²) in [6, 6.07) is -0.638. The van der Waals surface area contributed by atoms with Gasteiger partial charge >= 0.3 is 7.60 Å². The van der Waals surface area contributed by atoms with E-state index in [1.807, 2.05) is 0 Å². The number of alkyl halides is 1. The number of aliphatic hydroxyl groups is 1. The summed E-state index contributed by atoms with van der Waals surface area (Å²) in [5.74, 6) is -1.36. The van der Waals surface area contributed by atoms with E-state index in [-0.39, 0.29) is 26.2 Å². The van der Waals surface area contributed by atoms with Gasteiger partial charge in [-0.25, -0.2) is 9.37 Å². The van der Waals surface area contributed by atoms with E-state index in [0.29, 0.717) is 30.1 Å². The SMILES string of the molecule is CCCCOc1ncnc2c(CN[C@H](CO)CC(F)P(=O)(OCC)OCC)c[nH]c12. The van der Waals surface area contributed by atoms with Crippen LogP contribution in [0.3, 0.4) is 0 Å². The van der Waals surface area contributed by atoms with Gasteiger partial charge in [-0.05, 0) is 20.3 Å². The van der Waals surface area contributed by atoms with Crippen molar-refractivity contribution in [1.82, 2.24) is 20.3 Å². The second kappa shape index (κ2) is 12.3. The molecule has 0 aliphatic rings. The molecule has 2 aromatic rings. The van der Waals surface area contributed by atoms with E-state index in [4.69, 9.17) is 13.8 Å². The molecule has 0 amide bonds. The molecule has 0 aromatic carbocycles. The second-order valence-corrected chi connectivity index (χ2v) is 8.88. The van der Waals surface area contributed by atoms with Gasteiger partial charge in [-0.3, -0.25) is 4.57 Å². The minimum Gasteiger partial charge on any atom is -0.476 e. The van der Waals surface area contributed by atoms with Gasteiger partial charge in [0.2, 0.25) is 11.8 Å². The fourth-order valence-electron chi connectivity index (χ4n) is 2.93. The third kappa shape index (κ3) is 6.46. The lowest BCUT2D eigenvalue weighted by molar-refractivity contribution is 0.169. The normalized spacial score (nSPS) is 14.2. The lowest BCUT2D eigenvalue weighted by atomic mass is 10.2. The number of aliphatic hydroxyl groups excluding tert-OH is 1. The quantitative estimate of drug-likeness (QED) is 0.281. The first-order chi connectivity index (χ1) is 14.5. The molecule has 0 aliphatic carbocycles. The van der Waals surface area contributed by atoms with E-state index in [2.05, 4.69) is 27.2 Å². The van der Waals surface area contributed by atoms with Crippen LogP contribution in [0, 0.1) is 0 Å². The van der Waals surface area contributed by atoms with Gasteiger partial charge in [0.05, 0.1) is 31.9 Å². The Balaban J connectivity index is 2.03. The van der Waals surface area contributed by atoms with Gasteiger partial charge in [0, 0.05) is 30.8 Å². The number of halogens is 1. The number of hydrogen-bond acceptors (Lipinski definition) is 8. The highest BCUT2D eigenvalue weighted by Crippen LogP contribution is 2.55. The van der Waals surface area contributed by atoms with E-state index in [1.54, 1.807) is 20.0 Å². The monoisotopic (exact) mass is 446 g/mol. The van der Waals surface area contributed by atoms with E-state index < -0.39 is 19.6 Å². The van der Waals surface area contributed by atoms with Gasteiger partial charge in [0.1, 0.15) is 11.8 Å². The van der Waals surface area contributed by atoms with Crippen molar-refractivity contribution in [3.63, 3.8) is 0 Å². The zero-order valence-corrected chi connectivity index (χ0v) is 18.7. The summed E-state index contributed by atoms with van der Waals surface area (Å²) in [5.41, 5.74) is 2.19. The molecule has 0 saturated heterocycles. The summed E-state index contributed by atoms with van der Waals surface area (Å²) < 4.78 is 43.0. The second-order valence-electron chi connectivity index (χ2n) is 6.72. The van der Waals surface area contributed by atoms with Crippen LogP contribution in [0.4, 0.5) is 4.39 Å². The molecule has 170 valence electrons. The maximum Gasteiger partial charge on any atom is 0.364 e. The van der Waals surface area contributed by atoms with Crippen LogP contribution in [0.2, 0.25) is 0 Å². The number of unbranched alkanes of at least 4 members (excludes halogenated alkanes) is 1. The zero-order valence-electron chi connectivity index (χ0n) is 17.8. The first-order valence-corrected chi connectivity index (χ1v) is 11.9. The standard InChI is InChI=1S/C19H32FN4O5P/c1-4-7-8-27-19-18-17(23-13-24-19)14(11-22-18)10-21-15(12-25)9-16(20)30(26,28-5-2)29-6-3/h11,13,15-16,21-22,25H,4-10,12H2,1-3H3/t15-,16?/m0/s1. The van der Waals surface area contributed by atoms with Crippen molar-refractivity contribution in [3.05, 3.63) is 18.1 Å². The highest BCUT2D eigenvalue weighted by atomic mass is 31.2. The largest absolute Gasteiger partial charge is 0.476 e. The van der Waals surface area contributed by atoms with Crippen LogP contribution in [-0.4, -0.2) is 58.4 Å². The highest BCUT2D eigenvalue weighted by Gasteiger charge is 2.37. The Morgan fingerprint density at radius 3 is 2.63 bits per heavy atom. The van der Waals surface area contributed by atoms with Crippen LogP contribution >= 0.6 is 7.60 Å². The Bertz CT molecular complexity index is 811. The highest BCUT2D eigenvalue weighted by molar-refractivity contribution is 7.54. The lowest BCUT2D eigenvalue weighted by Gasteiger charge is -2.24. The van der Waals surface area contributed by atoms with Crippen LogP contribution in [0.1, 0.15) is 45.6 Å². The molecule has 0 saturated carbocycles. The van der Waals surface area contributed by atoms with Crippen molar-refractivity contribution >= 4 is 18.6 Å². The third-order valence-electron chi connectivity index (χ3n) is 4.49. The average molecular weight is 446 g/mol. The molecule has 30 heavy (non-hydrogen) atoms. The smallest absolute Gasteiger partial charge is 0.364 e. The Morgan fingerprint density at radius 2 is 2.00 bits per heavy atom. The van der Waals surface area contributed by atoms with Crippen molar-refractivity contribution in [2.24, 2.45) is 0 Å². The summed E-state index contributed by atoms with van der Waals surface area (Å²) in [7, 11) is -3.88. The molecule has 0 spiro atoms. The molecule has 0 aliphatic heterocycles. The van der Waals surface area contributed by atoms with Crippen molar-refractivity contribution < 1.29 is 27.8 Å². The first-order valence-electron chi connectivity index (χ1n) is 10.3. The Morgan fingerprint density at radius 1 is 1.27 bits per heavy atom. The topological polar surface area (TPSA) is 119 Å². The van der Waals surface area contributed by atoms with E-state index >= 15 is 0 Å². The van der Waals surface area contributed by atoms with Gasteiger partial charge in [0.15, 0.2) is 0 Å². The molecule has 2 rings (SSSR count). The molecular formula is C19H32FN4O5P. The molecule has 11 heteroatoms. The van der Waals surface area contributed by atoms with Crippen molar-refractivity contribution in [2.75, 3.05) is 26.4 Å². The average Bonchev–Trinajstić information content (AvgIpc) is 3.15. The molecular weight excluding hydrogens is 414 g/mol. The van der Waals surface area contributed by atoms with Crippen LogP contribution in [0.25, 0.3) is 11.0 Å². The Hall–Kier alpha value is -1.58. The maximum absolute atomic E-state index is 14.7. The van der Waals surface area contributed by atoms with Crippen LogP contribution in [0.15, 0.2) is 12.5 Å². The summed E-state index contributed by atoms with van der Waals surface area (Å²) in [6.07, 6.45) is 4.94. The minimum absolute atomic E-state index is 0.0760. The van der Waals surface area contributed by atoms with Gasteiger partial charge in [0.25, 0.3) is 0 Å². The van der Waals surface area contributed by atoms with E-state index in [1.165, 1.54) is 6.33 Å². The minimum atomic E-state index is -3.88. The first kappa shape index (κ1) is 24.7. The molecule has 0 bridgehead atoms. The molecule has 0 fully saturated rings. The fraction of sp³-hybridized carbons (Fsp3) is 0.684. The molecule has 9 nitrogen and oxygen atoms in total. The molecule has 2 heterocycles. The number of H-pyrrole nitrogens is 1. The molecule has 0 radical (unpaired) electrons. The molecule has 2 atom stereocenters. The van der Waals surface area contributed by atoms with Crippen molar-refractivity contribution in [1.29, 1.82) is 0 Å². The Labute approximate surface area is 176 Å². The predicted molar refractivity (Wildman–Crippen MR) is 112 cm³/mol. The molecule has 2 aromatic heterocycles. The zero-order chi connectivity index (χ0) is 22.0. The van der Waals surface area contributed by atoms with E-state index in [9.17, 15) is 14.1 Å². The number of aromatic nitrogens is 3. The number of aromatic amines is 1. The summed E-state index contributed by atoms with van der Waals surface area (Å²) in [5, 5.41) is 12.7. The summed E-state index contributed by atoms with van der Waals surface area (Å²) >= 11 is 0.